The van der Waals surface area contributed by atoms with E-state index >= 15 is 0 Å². The van der Waals surface area contributed by atoms with Gasteiger partial charge in [-0.05, 0) is 24.7 Å². The summed E-state index contributed by atoms with van der Waals surface area (Å²) in [6, 6.07) is 0.404. The summed E-state index contributed by atoms with van der Waals surface area (Å²) in [4.78, 5) is 0. The first-order chi connectivity index (χ1) is 8.21. The van der Waals surface area contributed by atoms with E-state index in [1.165, 1.54) is 0 Å². The molecule has 0 aromatic carbocycles. The lowest BCUT2D eigenvalue weighted by atomic mass is 9.77. The molecule has 0 aromatic heterocycles. The van der Waals surface area contributed by atoms with Gasteiger partial charge in [0.25, 0.3) is 0 Å². The molecule has 3 N–H and O–H groups in total. The van der Waals surface area contributed by atoms with Crippen molar-refractivity contribution in [3.8, 4) is 0 Å². The van der Waals surface area contributed by atoms with Crippen LogP contribution in [0.25, 0.3) is 0 Å². The molecule has 1 spiro atoms. The van der Waals surface area contributed by atoms with Crippen molar-refractivity contribution in [2.75, 3.05) is 19.8 Å². The molecule has 0 radical (unpaired) electrons. The van der Waals surface area contributed by atoms with Gasteiger partial charge in [0, 0.05) is 25.7 Å². The molecule has 2 fully saturated rings. The summed E-state index contributed by atoms with van der Waals surface area (Å²) in [6.07, 6.45) is 4.41. The molecular weight excluding hydrogens is 216 g/mol. The maximum absolute atomic E-state index is 5.97. The van der Waals surface area contributed by atoms with E-state index in [0.717, 1.165) is 45.5 Å². The fourth-order valence-electron chi connectivity index (χ4n) is 3.25. The lowest BCUT2D eigenvalue weighted by Crippen LogP contribution is -2.51. The van der Waals surface area contributed by atoms with Crippen LogP contribution in [-0.2, 0) is 9.47 Å². The molecule has 0 aromatic rings. The maximum atomic E-state index is 5.97. The number of rotatable bonds is 4. The molecule has 4 nitrogen and oxygen atoms in total. The van der Waals surface area contributed by atoms with Crippen LogP contribution >= 0.6 is 0 Å². The highest BCUT2D eigenvalue weighted by Gasteiger charge is 2.43. The van der Waals surface area contributed by atoms with Gasteiger partial charge in [0.05, 0.1) is 12.2 Å². The molecule has 2 rings (SSSR count). The van der Waals surface area contributed by atoms with Gasteiger partial charge in [-0.3, -0.25) is 11.3 Å². The predicted octanol–water partition coefficient (Wildman–Crippen LogP) is 1.45. The average Bonchev–Trinajstić information content (AvgIpc) is 2.78. The van der Waals surface area contributed by atoms with Crippen LogP contribution < -0.4 is 11.3 Å². The molecule has 17 heavy (non-hydrogen) atoms. The van der Waals surface area contributed by atoms with Crippen LogP contribution in [0.5, 0.6) is 0 Å². The second-order valence-electron chi connectivity index (χ2n) is 5.66. The molecule has 0 bridgehead atoms. The molecule has 2 aliphatic rings. The number of hydrogen-bond donors (Lipinski definition) is 2. The van der Waals surface area contributed by atoms with Gasteiger partial charge >= 0.3 is 0 Å². The third kappa shape index (κ3) is 2.81. The molecule has 0 aliphatic carbocycles. The first-order valence-electron chi connectivity index (χ1n) is 6.88. The molecule has 0 saturated carbocycles. The molecule has 2 heterocycles. The van der Waals surface area contributed by atoms with E-state index in [0.29, 0.717) is 17.9 Å². The van der Waals surface area contributed by atoms with E-state index in [9.17, 15) is 0 Å². The van der Waals surface area contributed by atoms with E-state index in [4.69, 9.17) is 15.3 Å². The molecule has 100 valence electrons. The second-order valence-corrected chi connectivity index (χ2v) is 5.66. The zero-order valence-electron chi connectivity index (χ0n) is 11.1. The largest absolute Gasteiger partial charge is 0.378 e. The lowest BCUT2D eigenvalue weighted by Gasteiger charge is -2.41. The Bertz CT molecular complexity index is 242. The molecular formula is C13H26N2O2. The van der Waals surface area contributed by atoms with Crippen molar-refractivity contribution in [1.29, 1.82) is 0 Å². The second kappa shape index (κ2) is 5.65. The van der Waals surface area contributed by atoms with Crippen molar-refractivity contribution < 1.29 is 9.47 Å². The Hall–Kier alpha value is -0.160. The summed E-state index contributed by atoms with van der Waals surface area (Å²) in [5, 5.41) is 0. The van der Waals surface area contributed by atoms with Crippen LogP contribution in [0, 0.1) is 11.8 Å². The Morgan fingerprint density at radius 1 is 1.47 bits per heavy atom. The fourth-order valence-corrected chi connectivity index (χ4v) is 3.25. The highest BCUT2D eigenvalue weighted by Crippen LogP contribution is 2.38. The van der Waals surface area contributed by atoms with E-state index in [1.54, 1.807) is 0 Å². The van der Waals surface area contributed by atoms with Crippen LogP contribution in [0.2, 0.25) is 0 Å². The van der Waals surface area contributed by atoms with Crippen molar-refractivity contribution in [3.05, 3.63) is 0 Å². The Morgan fingerprint density at radius 2 is 2.29 bits per heavy atom. The predicted molar refractivity (Wildman–Crippen MR) is 67.4 cm³/mol. The number of hydrazine groups is 1. The zero-order chi connectivity index (χ0) is 12.3. The van der Waals surface area contributed by atoms with Crippen molar-refractivity contribution in [1.82, 2.24) is 5.43 Å². The van der Waals surface area contributed by atoms with Gasteiger partial charge in [0.15, 0.2) is 0 Å². The quantitative estimate of drug-likeness (QED) is 0.579. The standard InChI is InChI=1S/C13H26N2O2/c1-3-10(2)12(15-14)11-4-6-17-13(8-11)5-7-16-9-13/h10-12,15H,3-9,14H2,1-2H3. The number of ether oxygens (including phenoxy) is 2. The minimum absolute atomic E-state index is 0.00845. The maximum Gasteiger partial charge on any atom is 0.0939 e. The minimum Gasteiger partial charge on any atom is -0.378 e. The molecule has 4 unspecified atom stereocenters. The van der Waals surface area contributed by atoms with Crippen LogP contribution in [0.1, 0.15) is 39.5 Å². The summed E-state index contributed by atoms with van der Waals surface area (Å²) >= 11 is 0. The summed E-state index contributed by atoms with van der Waals surface area (Å²) in [6.45, 7) is 6.96. The summed E-state index contributed by atoms with van der Waals surface area (Å²) in [5.41, 5.74) is 3.02. The van der Waals surface area contributed by atoms with Gasteiger partial charge in [-0.15, -0.1) is 0 Å². The normalized spacial score (nSPS) is 37.2. The zero-order valence-corrected chi connectivity index (χ0v) is 11.1. The highest BCUT2D eigenvalue weighted by atomic mass is 16.6. The van der Waals surface area contributed by atoms with Gasteiger partial charge < -0.3 is 9.47 Å². The van der Waals surface area contributed by atoms with Gasteiger partial charge in [-0.25, -0.2) is 0 Å². The van der Waals surface area contributed by atoms with Crippen molar-refractivity contribution in [2.24, 2.45) is 17.7 Å². The van der Waals surface area contributed by atoms with Gasteiger partial charge in [0.1, 0.15) is 0 Å². The molecule has 2 saturated heterocycles. The Morgan fingerprint density at radius 3 is 2.88 bits per heavy atom. The van der Waals surface area contributed by atoms with Gasteiger partial charge in [0.2, 0.25) is 0 Å². The average molecular weight is 242 g/mol. The minimum atomic E-state index is -0.00845. The summed E-state index contributed by atoms with van der Waals surface area (Å²) in [5.74, 6) is 6.97. The smallest absolute Gasteiger partial charge is 0.0939 e. The number of nitrogens with one attached hydrogen (secondary N) is 1. The van der Waals surface area contributed by atoms with Crippen molar-refractivity contribution >= 4 is 0 Å². The number of nitrogens with two attached hydrogens (primary N) is 1. The van der Waals surface area contributed by atoms with Gasteiger partial charge in [-0.1, -0.05) is 20.3 Å². The number of hydrogen-bond acceptors (Lipinski definition) is 4. The lowest BCUT2D eigenvalue weighted by molar-refractivity contribution is -0.105. The van der Waals surface area contributed by atoms with Crippen molar-refractivity contribution in [2.45, 2.75) is 51.2 Å². The Labute approximate surface area is 104 Å². The van der Waals surface area contributed by atoms with Crippen LogP contribution in [-0.4, -0.2) is 31.5 Å². The van der Waals surface area contributed by atoms with Crippen molar-refractivity contribution in [3.63, 3.8) is 0 Å². The third-order valence-corrected chi connectivity index (χ3v) is 4.56. The van der Waals surface area contributed by atoms with Crippen LogP contribution in [0.3, 0.4) is 0 Å². The van der Waals surface area contributed by atoms with E-state index in [2.05, 4.69) is 19.3 Å². The Kier molecular flexibility index (Phi) is 4.42. The summed E-state index contributed by atoms with van der Waals surface area (Å²) in [7, 11) is 0. The SMILES string of the molecule is CCC(C)C(NN)C1CCOC2(CCOC2)C1. The third-order valence-electron chi connectivity index (χ3n) is 4.56. The van der Waals surface area contributed by atoms with Crippen LogP contribution in [0.4, 0.5) is 0 Å². The molecule has 0 amide bonds. The van der Waals surface area contributed by atoms with E-state index < -0.39 is 0 Å². The molecule has 2 aliphatic heterocycles. The highest BCUT2D eigenvalue weighted by molar-refractivity contribution is 4.94. The molecule has 4 atom stereocenters. The van der Waals surface area contributed by atoms with Crippen LogP contribution in [0.15, 0.2) is 0 Å². The Balaban J connectivity index is 2.00. The fraction of sp³-hybridized carbons (Fsp3) is 1.00. The monoisotopic (exact) mass is 242 g/mol. The topological polar surface area (TPSA) is 56.5 Å². The first kappa shape index (κ1) is 13.3. The van der Waals surface area contributed by atoms with E-state index in [-0.39, 0.29) is 5.60 Å². The van der Waals surface area contributed by atoms with E-state index in [1.807, 2.05) is 0 Å². The first-order valence-corrected chi connectivity index (χ1v) is 6.88. The van der Waals surface area contributed by atoms with Gasteiger partial charge in [-0.2, -0.15) is 0 Å². The molecule has 4 heteroatoms. The summed E-state index contributed by atoms with van der Waals surface area (Å²) < 4.78 is 11.5.